The van der Waals surface area contributed by atoms with Crippen LogP contribution in [0.25, 0.3) is 0 Å². The molecule has 5 nitrogen and oxygen atoms in total. The molecule has 0 radical (unpaired) electrons. The van der Waals surface area contributed by atoms with Crippen molar-refractivity contribution >= 4 is 5.69 Å². The van der Waals surface area contributed by atoms with Gasteiger partial charge in [0, 0.05) is 14.1 Å². The molecule has 1 aromatic rings. The van der Waals surface area contributed by atoms with Gasteiger partial charge in [0.1, 0.15) is 5.69 Å². The molecule has 1 aromatic heterocycles. The smallest absolute Gasteiger partial charge is 0.285 e. The Balaban J connectivity index is 3.11. The summed E-state index contributed by atoms with van der Waals surface area (Å²) in [5.41, 5.74) is -1.10. The van der Waals surface area contributed by atoms with E-state index in [1.165, 1.54) is 11.9 Å². The van der Waals surface area contributed by atoms with Gasteiger partial charge in [0.15, 0.2) is 5.69 Å². The zero-order valence-corrected chi connectivity index (χ0v) is 8.42. The highest BCUT2D eigenvalue weighted by Gasteiger charge is 2.37. The van der Waals surface area contributed by atoms with E-state index in [0.717, 1.165) is 0 Å². The molecule has 0 atom stereocenters. The van der Waals surface area contributed by atoms with Gasteiger partial charge in [-0.3, -0.25) is 10.1 Å². The van der Waals surface area contributed by atoms with Crippen LogP contribution in [0.5, 0.6) is 0 Å². The van der Waals surface area contributed by atoms with Gasteiger partial charge in [-0.15, -0.1) is 5.11 Å². The number of halogens is 3. The van der Waals surface area contributed by atoms with Crippen LogP contribution in [0.2, 0.25) is 0 Å². The van der Waals surface area contributed by atoms with Crippen LogP contribution < -0.4 is 0 Å². The number of nitrogens with one attached hydrogen (secondary N) is 1. The lowest BCUT2D eigenvalue weighted by Crippen LogP contribution is -2.06. The molecule has 0 spiro atoms. The Morgan fingerprint density at radius 2 is 1.93 bits per heavy atom. The van der Waals surface area contributed by atoms with Crippen LogP contribution >= 0.6 is 0 Å². The first kappa shape index (κ1) is 11.5. The minimum atomic E-state index is -4.52. The van der Waals surface area contributed by atoms with Gasteiger partial charge in [0.25, 0.3) is 0 Å². The van der Waals surface area contributed by atoms with Crippen LogP contribution in [-0.2, 0) is 6.18 Å². The molecule has 1 rings (SSSR count). The molecule has 0 aliphatic carbocycles. The number of H-pyrrole nitrogens is 1. The summed E-state index contributed by atoms with van der Waals surface area (Å²) < 4.78 is 37.2. The lowest BCUT2D eigenvalue weighted by atomic mass is 10.3. The SMILES string of the molecule is Cc1[nH]nc(C(F)(F)F)c1N=NN(C)C. The summed E-state index contributed by atoms with van der Waals surface area (Å²) in [5, 5.41) is 13.6. The molecule has 1 heterocycles. The standard InChI is InChI=1S/C7H10F3N5/c1-4-5(12-14-15(2)3)6(13-11-4)7(8,9)10/h1-3H3,(H,11,13). The summed E-state index contributed by atoms with van der Waals surface area (Å²) in [6.45, 7) is 1.45. The van der Waals surface area contributed by atoms with Gasteiger partial charge in [-0.1, -0.05) is 5.22 Å². The van der Waals surface area contributed by atoms with Crippen LogP contribution in [0.4, 0.5) is 18.9 Å². The van der Waals surface area contributed by atoms with Crippen LogP contribution in [0, 0.1) is 6.92 Å². The normalized spacial score (nSPS) is 12.4. The Kier molecular flexibility index (Phi) is 2.96. The zero-order valence-electron chi connectivity index (χ0n) is 8.42. The van der Waals surface area contributed by atoms with Crippen LogP contribution in [0.1, 0.15) is 11.4 Å². The van der Waals surface area contributed by atoms with Crippen molar-refractivity contribution in [1.82, 2.24) is 15.2 Å². The van der Waals surface area contributed by atoms with Gasteiger partial charge >= 0.3 is 6.18 Å². The average molecular weight is 221 g/mol. The summed E-state index contributed by atoms with van der Waals surface area (Å²) >= 11 is 0. The van der Waals surface area contributed by atoms with Gasteiger partial charge in [0.05, 0.1) is 5.69 Å². The molecule has 0 saturated heterocycles. The van der Waals surface area contributed by atoms with Gasteiger partial charge in [-0.05, 0) is 6.92 Å². The maximum absolute atomic E-state index is 12.4. The Morgan fingerprint density at radius 1 is 1.33 bits per heavy atom. The fraction of sp³-hybridized carbons (Fsp3) is 0.571. The van der Waals surface area contributed by atoms with Gasteiger partial charge < -0.3 is 0 Å². The molecule has 0 unspecified atom stereocenters. The monoisotopic (exact) mass is 221 g/mol. The van der Waals surface area contributed by atoms with E-state index < -0.39 is 11.9 Å². The molecule has 0 aliphatic rings. The van der Waals surface area contributed by atoms with Crippen molar-refractivity contribution in [2.75, 3.05) is 14.1 Å². The number of aromatic nitrogens is 2. The lowest BCUT2D eigenvalue weighted by Gasteiger charge is -2.04. The molecule has 0 bridgehead atoms. The molecular formula is C7H10F3N5. The topological polar surface area (TPSA) is 56.6 Å². The quantitative estimate of drug-likeness (QED) is 0.615. The molecule has 0 aliphatic heterocycles. The summed E-state index contributed by atoms with van der Waals surface area (Å²) in [6, 6.07) is 0. The summed E-state index contributed by atoms with van der Waals surface area (Å²) in [4.78, 5) is 0. The van der Waals surface area contributed by atoms with Gasteiger partial charge in [-0.25, -0.2) is 0 Å². The number of hydrogen-bond donors (Lipinski definition) is 1. The second kappa shape index (κ2) is 3.87. The minimum absolute atomic E-state index is 0.230. The summed E-state index contributed by atoms with van der Waals surface area (Å²) in [5.74, 6) is 0. The molecule has 8 heteroatoms. The highest BCUT2D eigenvalue weighted by Crippen LogP contribution is 2.36. The molecule has 0 aromatic carbocycles. The van der Waals surface area contributed by atoms with Crippen molar-refractivity contribution in [1.29, 1.82) is 0 Å². The van der Waals surface area contributed by atoms with Crippen LogP contribution in [0.3, 0.4) is 0 Å². The Labute approximate surface area is 84.0 Å². The van der Waals surface area contributed by atoms with E-state index in [1.54, 1.807) is 14.1 Å². The second-order valence-corrected chi connectivity index (χ2v) is 3.08. The van der Waals surface area contributed by atoms with E-state index in [2.05, 4.69) is 20.5 Å². The highest BCUT2D eigenvalue weighted by atomic mass is 19.4. The molecule has 0 fully saturated rings. The van der Waals surface area contributed by atoms with E-state index in [4.69, 9.17) is 0 Å². The fourth-order valence-corrected chi connectivity index (χ4v) is 0.877. The van der Waals surface area contributed by atoms with E-state index in [-0.39, 0.29) is 11.4 Å². The second-order valence-electron chi connectivity index (χ2n) is 3.08. The van der Waals surface area contributed by atoms with E-state index in [1.807, 2.05) is 0 Å². The number of alkyl halides is 3. The highest BCUT2D eigenvalue weighted by molar-refractivity contribution is 5.46. The zero-order chi connectivity index (χ0) is 11.6. The van der Waals surface area contributed by atoms with Crippen molar-refractivity contribution < 1.29 is 13.2 Å². The minimum Gasteiger partial charge on any atom is -0.285 e. The predicted molar refractivity (Wildman–Crippen MR) is 46.5 cm³/mol. The third-order valence-corrected chi connectivity index (χ3v) is 1.51. The first-order valence-electron chi connectivity index (χ1n) is 4.03. The Hall–Kier alpha value is -1.60. The van der Waals surface area contributed by atoms with E-state index in [0.29, 0.717) is 0 Å². The third-order valence-electron chi connectivity index (χ3n) is 1.51. The maximum Gasteiger partial charge on any atom is 0.437 e. The third kappa shape index (κ3) is 2.67. The lowest BCUT2D eigenvalue weighted by molar-refractivity contribution is -0.140. The van der Waals surface area contributed by atoms with Crippen molar-refractivity contribution in [3.05, 3.63) is 11.4 Å². The van der Waals surface area contributed by atoms with Crippen LogP contribution in [-0.4, -0.2) is 29.3 Å². The van der Waals surface area contributed by atoms with Crippen LogP contribution in [0.15, 0.2) is 10.3 Å². The van der Waals surface area contributed by atoms with E-state index >= 15 is 0 Å². The summed E-state index contributed by atoms with van der Waals surface area (Å²) in [7, 11) is 3.12. The van der Waals surface area contributed by atoms with Crippen molar-refractivity contribution in [2.45, 2.75) is 13.1 Å². The van der Waals surface area contributed by atoms with Crippen molar-refractivity contribution in [3.8, 4) is 0 Å². The Morgan fingerprint density at radius 3 is 2.40 bits per heavy atom. The summed E-state index contributed by atoms with van der Waals surface area (Å²) in [6.07, 6.45) is -4.52. The van der Waals surface area contributed by atoms with Gasteiger partial charge in [-0.2, -0.15) is 18.3 Å². The van der Waals surface area contributed by atoms with Gasteiger partial charge in [0.2, 0.25) is 0 Å². The van der Waals surface area contributed by atoms with Crippen molar-refractivity contribution in [3.63, 3.8) is 0 Å². The molecule has 0 amide bonds. The molecular weight excluding hydrogens is 211 g/mol. The number of nitrogens with zero attached hydrogens (tertiary/aromatic N) is 4. The maximum atomic E-state index is 12.4. The number of aromatic amines is 1. The first-order valence-corrected chi connectivity index (χ1v) is 4.03. The number of hydrogen-bond acceptors (Lipinski definition) is 3. The van der Waals surface area contributed by atoms with E-state index in [9.17, 15) is 13.2 Å². The number of aryl methyl sites for hydroxylation is 1. The van der Waals surface area contributed by atoms with Crippen molar-refractivity contribution in [2.24, 2.45) is 10.3 Å². The average Bonchev–Trinajstić information content (AvgIpc) is 2.42. The molecule has 84 valence electrons. The Bertz CT molecular complexity index is 365. The number of rotatable bonds is 2. The molecule has 0 saturated carbocycles. The fourth-order valence-electron chi connectivity index (χ4n) is 0.877. The first-order chi connectivity index (χ1) is 6.82. The molecule has 15 heavy (non-hydrogen) atoms. The largest absolute Gasteiger partial charge is 0.437 e. The molecule has 1 N–H and O–H groups in total. The predicted octanol–water partition coefficient (Wildman–Crippen LogP) is 2.30.